The summed E-state index contributed by atoms with van der Waals surface area (Å²) >= 11 is 3.38. The van der Waals surface area contributed by atoms with Crippen molar-refractivity contribution in [3.63, 3.8) is 0 Å². The van der Waals surface area contributed by atoms with E-state index in [1.165, 1.54) is 6.21 Å². The average molecular weight is 507 g/mol. The van der Waals surface area contributed by atoms with Gasteiger partial charge >= 0.3 is 5.69 Å². The Balaban J connectivity index is 1.55. The molecule has 0 radical (unpaired) electrons. The van der Waals surface area contributed by atoms with Crippen molar-refractivity contribution in [3.8, 4) is 5.75 Å². The van der Waals surface area contributed by atoms with Crippen LogP contribution in [0.25, 0.3) is 10.9 Å². The fourth-order valence-electron chi connectivity index (χ4n) is 3.11. The van der Waals surface area contributed by atoms with Crippen molar-refractivity contribution in [1.29, 1.82) is 0 Å². The number of nitrogens with zero attached hydrogens (tertiary/aromatic N) is 2. The second-order valence-electron chi connectivity index (χ2n) is 7.22. The SMILES string of the molecule is Cc1ccc(NC(=O)COc2ccc(Br)cc2C=Nn2c(=O)[nH]c3ccccc3c2=O)cc1. The molecule has 0 saturated carbocycles. The second kappa shape index (κ2) is 9.66. The number of hydrogen-bond donors (Lipinski definition) is 2. The lowest BCUT2D eigenvalue weighted by Crippen LogP contribution is -2.32. The maximum atomic E-state index is 12.7. The number of aromatic nitrogens is 2. The standard InChI is InChI=1S/C24H19BrN4O4/c1-15-6-9-18(10-7-15)27-22(30)14-33-21-11-8-17(25)12-16(21)13-26-29-23(31)19-4-2-3-5-20(19)28-24(29)32/h2-13H,14H2,1H3,(H,27,30)(H,28,32). The number of aryl methyl sites for hydroxylation is 1. The van der Waals surface area contributed by atoms with Crippen LogP contribution in [0.15, 0.2) is 85.9 Å². The van der Waals surface area contributed by atoms with Gasteiger partial charge in [-0.1, -0.05) is 45.8 Å². The second-order valence-corrected chi connectivity index (χ2v) is 8.14. The van der Waals surface area contributed by atoms with Crippen LogP contribution in [0.4, 0.5) is 5.69 Å². The maximum Gasteiger partial charge on any atom is 0.349 e. The lowest BCUT2D eigenvalue weighted by Gasteiger charge is -2.10. The molecule has 1 heterocycles. The highest BCUT2D eigenvalue weighted by Crippen LogP contribution is 2.22. The normalized spacial score (nSPS) is 11.1. The van der Waals surface area contributed by atoms with E-state index in [1.807, 2.05) is 31.2 Å². The van der Waals surface area contributed by atoms with Gasteiger partial charge in [-0.2, -0.15) is 5.10 Å². The molecule has 33 heavy (non-hydrogen) atoms. The number of rotatable bonds is 6. The Labute approximate surface area is 196 Å². The van der Waals surface area contributed by atoms with E-state index in [0.29, 0.717) is 27.9 Å². The first-order valence-corrected chi connectivity index (χ1v) is 10.8. The number of carbonyl (C=O) groups excluding carboxylic acids is 1. The van der Waals surface area contributed by atoms with Crippen molar-refractivity contribution in [2.24, 2.45) is 5.10 Å². The molecule has 0 fully saturated rings. The highest BCUT2D eigenvalue weighted by Gasteiger charge is 2.09. The summed E-state index contributed by atoms with van der Waals surface area (Å²) in [4.78, 5) is 39.9. The third-order valence-corrected chi connectivity index (χ3v) is 5.26. The molecule has 9 heteroatoms. The zero-order chi connectivity index (χ0) is 23.4. The van der Waals surface area contributed by atoms with Crippen LogP contribution in [-0.4, -0.2) is 28.4 Å². The average Bonchev–Trinajstić information content (AvgIpc) is 2.80. The third kappa shape index (κ3) is 5.27. The van der Waals surface area contributed by atoms with Crippen LogP contribution in [0.5, 0.6) is 5.75 Å². The molecule has 0 spiro atoms. The number of ether oxygens (including phenoxy) is 1. The maximum absolute atomic E-state index is 12.7. The van der Waals surface area contributed by atoms with Crippen LogP contribution in [0.2, 0.25) is 0 Å². The van der Waals surface area contributed by atoms with Gasteiger partial charge in [0.2, 0.25) is 0 Å². The van der Waals surface area contributed by atoms with Crippen molar-refractivity contribution >= 4 is 44.6 Å². The molecular weight excluding hydrogens is 488 g/mol. The first-order chi connectivity index (χ1) is 15.9. The first-order valence-electron chi connectivity index (χ1n) is 9.98. The van der Waals surface area contributed by atoms with E-state index in [2.05, 4.69) is 31.3 Å². The van der Waals surface area contributed by atoms with Gasteiger partial charge in [-0.15, -0.1) is 4.68 Å². The summed E-state index contributed by atoms with van der Waals surface area (Å²) in [6, 6.07) is 19.2. The van der Waals surface area contributed by atoms with Gasteiger partial charge in [0.25, 0.3) is 11.5 Å². The van der Waals surface area contributed by atoms with E-state index in [-0.39, 0.29) is 12.5 Å². The molecule has 1 amide bonds. The van der Waals surface area contributed by atoms with Crippen LogP contribution >= 0.6 is 15.9 Å². The van der Waals surface area contributed by atoms with E-state index in [4.69, 9.17) is 4.74 Å². The molecule has 166 valence electrons. The van der Waals surface area contributed by atoms with Crippen LogP contribution in [0.1, 0.15) is 11.1 Å². The van der Waals surface area contributed by atoms with Gasteiger partial charge in [-0.05, 0) is 49.4 Å². The quantitative estimate of drug-likeness (QED) is 0.389. The Kier molecular flexibility index (Phi) is 6.50. The lowest BCUT2D eigenvalue weighted by atomic mass is 10.2. The van der Waals surface area contributed by atoms with E-state index in [0.717, 1.165) is 14.7 Å². The summed E-state index contributed by atoms with van der Waals surface area (Å²) in [7, 11) is 0. The van der Waals surface area contributed by atoms with Crippen molar-refractivity contribution in [2.75, 3.05) is 11.9 Å². The fraction of sp³-hybridized carbons (Fsp3) is 0.0833. The number of para-hydroxylation sites is 1. The molecule has 1 aromatic heterocycles. The number of benzene rings is 3. The number of aromatic amines is 1. The molecule has 0 atom stereocenters. The minimum Gasteiger partial charge on any atom is -0.483 e. The zero-order valence-electron chi connectivity index (χ0n) is 17.5. The van der Waals surface area contributed by atoms with Crippen LogP contribution in [-0.2, 0) is 4.79 Å². The van der Waals surface area contributed by atoms with Crippen molar-refractivity contribution < 1.29 is 9.53 Å². The molecule has 4 rings (SSSR count). The zero-order valence-corrected chi connectivity index (χ0v) is 19.1. The van der Waals surface area contributed by atoms with Gasteiger partial charge in [-0.25, -0.2) is 4.79 Å². The molecule has 0 aliphatic carbocycles. The molecule has 0 aliphatic heterocycles. The van der Waals surface area contributed by atoms with Crippen molar-refractivity contribution in [1.82, 2.24) is 9.66 Å². The molecule has 0 unspecified atom stereocenters. The molecule has 4 aromatic rings. The number of nitrogens with one attached hydrogen (secondary N) is 2. The van der Waals surface area contributed by atoms with Gasteiger partial charge in [0.15, 0.2) is 6.61 Å². The number of fused-ring (bicyclic) bond motifs is 1. The lowest BCUT2D eigenvalue weighted by molar-refractivity contribution is -0.118. The van der Waals surface area contributed by atoms with Gasteiger partial charge in [-0.3, -0.25) is 9.59 Å². The predicted octanol–water partition coefficient (Wildman–Crippen LogP) is 3.66. The van der Waals surface area contributed by atoms with Gasteiger partial charge < -0.3 is 15.0 Å². The summed E-state index contributed by atoms with van der Waals surface area (Å²) in [6.45, 7) is 1.73. The van der Waals surface area contributed by atoms with Crippen LogP contribution in [0, 0.1) is 6.92 Å². The number of H-pyrrole nitrogens is 1. The molecule has 8 nitrogen and oxygen atoms in total. The smallest absolute Gasteiger partial charge is 0.349 e. The van der Waals surface area contributed by atoms with Crippen molar-refractivity contribution in [3.05, 3.63) is 103 Å². The fourth-order valence-corrected chi connectivity index (χ4v) is 3.49. The molecule has 0 bridgehead atoms. The highest BCUT2D eigenvalue weighted by molar-refractivity contribution is 9.10. The highest BCUT2D eigenvalue weighted by atomic mass is 79.9. The largest absolute Gasteiger partial charge is 0.483 e. The number of anilines is 1. The molecule has 3 aromatic carbocycles. The molecular formula is C24H19BrN4O4. The Bertz CT molecular complexity index is 1470. The summed E-state index contributed by atoms with van der Waals surface area (Å²) in [5.41, 5.74) is 1.47. The number of hydrogen-bond acceptors (Lipinski definition) is 5. The summed E-state index contributed by atoms with van der Waals surface area (Å²) in [6.07, 6.45) is 1.34. The Morgan fingerprint density at radius 2 is 1.88 bits per heavy atom. The predicted molar refractivity (Wildman–Crippen MR) is 131 cm³/mol. The Morgan fingerprint density at radius 1 is 1.12 bits per heavy atom. The Hall–Kier alpha value is -3.98. The Morgan fingerprint density at radius 3 is 2.67 bits per heavy atom. The van der Waals surface area contributed by atoms with Crippen molar-refractivity contribution in [2.45, 2.75) is 6.92 Å². The van der Waals surface area contributed by atoms with E-state index < -0.39 is 11.2 Å². The van der Waals surface area contributed by atoms with Gasteiger partial charge in [0, 0.05) is 15.7 Å². The van der Waals surface area contributed by atoms with Gasteiger partial charge in [0.1, 0.15) is 5.75 Å². The number of carbonyl (C=O) groups is 1. The third-order valence-electron chi connectivity index (χ3n) is 4.76. The molecule has 0 saturated heterocycles. The van der Waals surface area contributed by atoms with E-state index in [1.54, 1.807) is 42.5 Å². The minimum atomic E-state index is -0.662. The van der Waals surface area contributed by atoms with E-state index >= 15 is 0 Å². The monoisotopic (exact) mass is 506 g/mol. The minimum absolute atomic E-state index is 0.229. The van der Waals surface area contributed by atoms with Crippen LogP contribution in [0.3, 0.4) is 0 Å². The topological polar surface area (TPSA) is 106 Å². The van der Waals surface area contributed by atoms with E-state index in [9.17, 15) is 14.4 Å². The summed E-state index contributed by atoms with van der Waals surface area (Å²) in [5.74, 6) is 0.0399. The number of amides is 1. The first kappa shape index (κ1) is 22.2. The van der Waals surface area contributed by atoms with Crippen LogP contribution < -0.4 is 21.3 Å². The summed E-state index contributed by atoms with van der Waals surface area (Å²) in [5, 5.41) is 7.17. The molecule has 0 aliphatic rings. The number of halogens is 1. The van der Waals surface area contributed by atoms with Gasteiger partial charge in [0.05, 0.1) is 17.1 Å². The molecule has 2 N–H and O–H groups in total. The summed E-state index contributed by atoms with van der Waals surface area (Å²) < 4.78 is 7.15.